The molecule has 0 spiro atoms. The van der Waals surface area contributed by atoms with Crippen molar-refractivity contribution in [1.29, 1.82) is 0 Å². The highest BCUT2D eigenvalue weighted by molar-refractivity contribution is 6.37. The van der Waals surface area contributed by atoms with Crippen molar-refractivity contribution in [2.75, 3.05) is 11.9 Å². The molecule has 0 saturated heterocycles. The first-order chi connectivity index (χ1) is 14.3. The molecule has 152 valence electrons. The van der Waals surface area contributed by atoms with E-state index in [1.807, 2.05) is 0 Å². The third-order valence-electron chi connectivity index (χ3n) is 4.20. The first-order valence-corrected chi connectivity index (χ1v) is 10.0. The van der Waals surface area contributed by atoms with Gasteiger partial charge in [0.05, 0.1) is 22.3 Å². The van der Waals surface area contributed by atoms with E-state index in [0.29, 0.717) is 54.1 Å². The molecule has 0 unspecified atom stereocenters. The first kappa shape index (κ1) is 20.7. The molecule has 2 aromatic carbocycles. The summed E-state index contributed by atoms with van der Waals surface area (Å²) in [6.45, 7) is -0.113. The maximum atomic E-state index is 11.2. The van der Waals surface area contributed by atoms with Crippen molar-refractivity contribution < 1.29 is 4.79 Å². The number of nitrogens with one attached hydrogen (secondary N) is 1. The molecule has 0 aliphatic carbocycles. The summed E-state index contributed by atoms with van der Waals surface area (Å²) in [6, 6.07) is 10.1. The number of carbonyl (C=O) groups excluding carboxylic acids is 1. The van der Waals surface area contributed by atoms with Gasteiger partial charge in [0.2, 0.25) is 5.91 Å². The van der Waals surface area contributed by atoms with Crippen LogP contribution in [0.4, 0.5) is 5.82 Å². The summed E-state index contributed by atoms with van der Waals surface area (Å²) in [5.74, 6) is 0.260. The number of halogens is 4. The van der Waals surface area contributed by atoms with Crippen molar-refractivity contribution in [2.24, 2.45) is 5.73 Å². The highest BCUT2D eigenvalue weighted by atomic mass is 35.5. The van der Waals surface area contributed by atoms with Gasteiger partial charge in [-0.15, -0.1) is 0 Å². The fourth-order valence-electron chi connectivity index (χ4n) is 2.93. The van der Waals surface area contributed by atoms with Crippen molar-refractivity contribution >= 4 is 69.3 Å². The third-order valence-corrected chi connectivity index (χ3v) is 5.28. The van der Waals surface area contributed by atoms with Crippen LogP contribution in [-0.4, -0.2) is 32.0 Å². The summed E-state index contributed by atoms with van der Waals surface area (Å²) < 4.78 is 1.74. The third kappa shape index (κ3) is 3.89. The van der Waals surface area contributed by atoms with E-state index < -0.39 is 5.91 Å². The molecule has 4 aromatic rings. The number of nitrogens with zero attached hydrogens (tertiary/aromatic N) is 4. The van der Waals surface area contributed by atoms with Gasteiger partial charge in [-0.25, -0.2) is 15.0 Å². The molecule has 2 heterocycles. The first-order valence-electron chi connectivity index (χ1n) is 8.51. The van der Waals surface area contributed by atoms with Crippen LogP contribution in [0.2, 0.25) is 20.1 Å². The van der Waals surface area contributed by atoms with Gasteiger partial charge in [0, 0.05) is 15.6 Å². The Morgan fingerprint density at radius 1 is 1.00 bits per heavy atom. The van der Waals surface area contributed by atoms with Gasteiger partial charge < -0.3 is 11.1 Å². The van der Waals surface area contributed by atoms with Gasteiger partial charge in [0.1, 0.15) is 12.2 Å². The molecule has 0 radical (unpaired) electrons. The van der Waals surface area contributed by atoms with Crippen LogP contribution in [0.15, 0.2) is 42.7 Å². The lowest BCUT2D eigenvalue weighted by atomic mass is 10.2. The summed E-state index contributed by atoms with van der Waals surface area (Å²) in [6.07, 6.45) is 1.35. The van der Waals surface area contributed by atoms with Crippen molar-refractivity contribution in [3.05, 3.63) is 62.8 Å². The standard InChI is InChI=1S/C19H12Cl4N6O/c20-9-1-3-11(12(22)5-9)18-28-16-17(25-7-15(24)30)26-8-27-19(16)29(18)14-4-2-10(21)6-13(14)23/h1-6,8H,7H2,(H2,24,30)(H,25,26,27). The molecule has 0 bridgehead atoms. The Morgan fingerprint density at radius 3 is 2.37 bits per heavy atom. The zero-order chi connectivity index (χ0) is 21.4. The van der Waals surface area contributed by atoms with Crippen molar-refractivity contribution in [3.8, 4) is 17.1 Å². The number of nitrogens with two attached hydrogens (primary N) is 1. The van der Waals surface area contributed by atoms with E-state index in [2.05, 4.69) is 15.3 Å². The molecule has 4 rings (SSSR count). The predicted molar refractivity (Wildman–Crippen MR) is 120 cm³/mol. The molecule has 3 N–H and O–H groups in total. The topological polar surface area (TPSA) is 98.7 Å². The second-order valence-electron chi connectivity index (χ2n) is 6.21. The fraction of sp³-hybridized carbons (Fsp3) is 0.0526. The van der Waals surface area contributed by atoms with Crippen molar-refractivity contribution in [3.63, 3.8) is 0 Å². The van der Waals surface area contributed by atoms with Gasteiger partial charge in [0.25, 0.3) is 0 Å². The van der Waals surface area contributed by atoms with Crippen molar-refractivity contribution in [2.45, 2.75) is 0 Å². The van der Waals surface area contributed by atoms with Crippen LogP contribution in [-0.2, 0) is 4.79 Å². The number of amides is 1. The van der Waals surface area contributed by atoms with Crippen LogP contribution in [0, 0.1) is 0 Å². The maximum Gasteiger partial charge on any atom is 0.236 e. The van der Waals surface area contributed by atoms with E-state index >= 15 is 0 Å². The van der Waals surface area contributed by atoms with Crippen LogP contribution in [0.5, 0.6) is 0 Å². The van der Waals surface area contributed by atoms with Crippen LogP contribution >= 0.6 is 46.4 Å². The summed E-state index contributed by atoms with van der Waals surface area (Å²) in [4.78, 5) is 24.5. The number of primary amides is 1. The summed E-state index contributed by atoms with van der Waals surface area (Å²) in [5.41, 5.74) is 7.28. The van der Waals surface area contributed by atoms with E-state index in [1.165, 1.54) is 6.33 Å². The normalized spacial score (nSPS) is 11.1. The molecule has 1 amide bonds. The number of fused-ring (bicyclic) bond motifs is 1. The number of carbonyl (C=O) groups is 1. The number of imidazole rings is 1. The van der Waals surface area contributed by atoms with E-state index in [1.54, 1.807) is 41.0 Å². The van der Waals surface area contributed by atoms with Gasteiger partial charge in [-0.05, 0) is 36.4 Å². The molecule has 11 heteroatoms. The Labute approximate surface area is 190 Å². The molecule has 0 fully saturated rings. The smallest absolute Gasteiger partial charge is 0.236 e. The number of hydrogen-bond acceptors (Lipinski definition) is 5. The van der Waals surface area contributed by atoms with E-state index in [0.717, 1.165) is 0 Å². The van der Waals surface area contributed by atoms with Crippen LogP contribution in [0.3, 0.4) is 0 Å². The molecule has 0 aliphatic heterocycles. The molecule has 7 nitrogen and oxygen atoms in total. The number of aromatic nitrogens is 4. The van der Waals surface area contributed by atoms with E-state index in [-0.39, 0.29) is 6.54 Å². The SMILES string of the molecule is NC(=O)CNc1ncnc2c1nc(-c1ccc(Cl)cc1Cl)n2-c1ccc(Cl)cc1Cl. The Morgan fingerprint density at radius 2 is 1.70 bits per heavy atom. The number of anilines is 1. The summed E-state index contributed by atoms with van der Waals surface area (Å²) in [5, 5.41) is 4.62. The minimum Gasteiger partial charge on any atom is -0.368 e. The molecule has 0 aliphatic rings. The minimum atomic E-state index is -0.539. The number of hydrogen-bond donors (Lipinski definition) is 2. The van der Waals surface area contributed by atoms with Gasteiger partial charge >= 0.3 is 0 Å². The zero-order valence-electron chi connectivity index (χ0n) is 15.0. The molecule has 30 heavy (non-hydrogen) atoms. The Kier molecular flexibility index (Phi) is 5.71. The lowest BCUT2D eigenvalue weighted by Gasteiger charge is -2.12. The molecular formula is C19H12Cl4N6O. The summed E-state index contributed by atoms with van der Waals surface area (Å²) in [7, 11) is 0. The zero-order valence-corrected chi connectivity index (χ0v) is 18.1. The largest absolute Gasteiger partial charge is 0.368 e. The number of benzene rings is 2. The average molecular weight is 482 g/mol. The van der Waals surface area contributed by atoms with Crippen LogP contribution < -0.4 is 11.1 Å². The number of rotatable bonds is 5. The highest BCUT2D eigenvalue weighted by Gasteiger charge is 2.22. The predicted octanol–water partition coefficient (Wildman–Crippen LogP) is 4.99. The fourth-order valence-corrected chi connectivity index (χ4v) is 3.92. The Hall–Kier alpha value is -2.58. The van der Waals surface area contributed by atoms with Crippen LogP contribution in [0.1, 0.15) is 0 Å². The second kappa shape index (κ2) is 8.28. The molecule has 0 saturated carbocycles. The average Bonchev–Trinajstić information content (AvgIpc) is 3.06. The lowest BCUT2D eigenvalue weighted by Crippen LogP contribution is -2.22. The molecular weight excluding hydrogens is 470 g/mol. The second-order valence-corrected chi connectivity index (χ2v) is 7.89. The summed E-state index contributed by atoms with van der Waals surface area (Å²) >= 11 is 25.1. The minimum absolute atomic E-state index is 0.113. The van der Waals surface area contributed by atoms with Gasteiger partial charge in [0.15, 0.2) is 17.0 Å². The highest BCUT2D eigenvalue weighted by Crippen LogP contribution is 2.37. The van der Waals surface area contributed by atoms with Crippen LogP contribution in [0.25, 0.3) is 28.2 Å². The van der Waals surface area contributed by atoms with E-state index in [4.69, 9.17) is 57.1 Å². The van der Waals surface area contributed by atoms with Gasteiger partial charge in [-0.3, -0.25) is 9.36 Å². The van der Waals surface area contributed by atoms with E-state index in [9.17, 15) is 4.79 Å². The quantitative estimate of drug-likeness (QED) is 0.418. The molecule has 2 aromatic heterocycles. The van der Waals surface area contributed by atoms with Crippen molar-refractivity contribution in [1.82, 2.24) is 19.5 Å². The van der Waals surface area contributed by atoms with Gasteiger partial charge in [-0.1, -0.05) is 46.4 Å². The molecule has 0 atom stereocenters. The Balaban J connectivity index is 2.03. The Bertz CT molecular complexity index is 1290. The van der Waals surface area contributed by atoms with Gasteiger partial charge in [-0.2, -0.15) is 0 Å². The maximum absolute atomic E-state index is 11.2. The lowest BCUT2D eigenvalue weighted by molar-refractivity contribution is -0.116. The monoisotopic (exact) mass is 480 g/mol.